The van der Waals surface area contributed by atoms with Gasteiger partial charge in [-0.1, -0.05) is 18.2 Å². The number of ether oxygens (including phenoxy) is 3. The molecule has 0 spiro atoms. The molecule has 2 heterocycles. The van der Waals surface area contributed by atoms with Crippen molar-refractivity contribution in [3.63, 3.8) is 0 Å². The van der Waals surface area contributed by atoms with Crippen molar-refractivity contribution in [2.45, 2.75) is 39.7 Å². The monoisotopic (exact) mass is 518 g/mol. The normalized spacial score (nSPS) is 17.4. The highest BCUT2D eigenvalue weighted by Gasteiger charge is 2.37. The van der Waals surface area contributed by atoms with E-state index in [2.05, 4.69) is 33.8 Å². The number of aryl methyl sites for hydroxylation is 1. The summed E-state index contributed by atoms with van der Waals surface area (Å²) >= 11 is 5.53. The van der Waals surface area contributed by atoms with Crippen LogP contribution in [0.25, 0.3) is 0 Å². The Balaban J connectivity index is 1.61. The topological polar surface area (TPSA) is 94.1 Å². The third-order valence-corrected chi connectivity index (χ3v) is 6.37. The molecule has 3 aromatic rings. The van der Waals surface area contributed by atoms with Crippen LogP contribution in [0.1, 0.15) is 42.5 Å². The Morgan fingerprint density at radius 2 is 2.05 bits per heavy atom. The summed E-state index contributed by atoms with van der Waals surface area (Å²) in [5.41, 5.74) is 7.87. The minimum Gasteiger partial charge on any atom is -0.482 e. The van der Waals surface area contributed by atoms with Gasteiger partial charge in [0.2, 0.25) is 0 Å². The number of carbonyl (C=O) groups excluding carboxylic acids is 1. The molecule has 1 unspecified atom stereocenters. The molecule has 2 N–H and O–H groups in total. The Labute approximate surface area is 222 Å². The highest BCUT2D eigenvalue weighted by atomic mass is 32.1. The molecular weight excluding hydrogens is 488 g/mol. The zero-order valence-electron chi connectivity index (χ0n) is 21.3. The van der Waals surface area contributed by atoms with Gasteiger partial charge in [-0.3, -0.25) is 10.4 Å². The van der Waals surface area contributed by atoms with Crippen LogP contribution in [-0.4, -0.2) is 35.0 Å². The van der Waals surface area contributed by atoms with Crippen molar-refractivity contribution in [3.05, 3.63) is 83.2 Å². The fraction of sp³-hybridized carbons (Fsp3) is 0.286. The molecule has 0 amide bonds. The molecule has 192 valence electrons. The number of thiocarbonyl (C=S) groups is 1. The Morgan fingerprint density at radius 3 is 2.81 bits per heavy atom. The second-order valence-electron chi connectivity index (χ2n) is 8.87. The van der Waals surface area contributed by atoms with E-state index in [-0.39, 0.29) is 6.61 Å². The van der Waals surface area contributed by atoms with Gasteiger partial charge in [-0.2, -0.15) is 5.10 Å². The number of rotatable bonds is 7. The first-order valence-corrected chi connectivity index (χ1v) is 12.4. The third-order valence-electron chi connectivity index (χ3n) is 6.18. The van der Waals surface area contributed by atoms with Gasteiger partial charge in [-0.15, -0.1) is 0 Å². The molecule has 0 bridgehead atoms. The number of anilines is 1. The molecule has 1 aliphatic rings. The molecule has 0 aliphatic carbocycles. The summed E-state index contributed by atoms with van der Waals surface area (Å²) in [6, 6.07) is 15.2. The molecule has 1 aliphatic heterocycles. The van der Waals surface area contributed by atoms with Crippen LogP contribution >= 0.6 is 12.2 Å². The van der Waals surface area contributed by atoms with Gasteiger partial charge >= 0.3 is 5.97 Å². The van der Waals surface area contributed by atoms with Crippen LogP contribution in [0, 0.1) is 13.8 Å². The molecular formula is C28H30N4O4S. The second kappa shape index (κ2) is 11.4. The van der Waals surface area contributed by atoms with Crippen molar-refractivity contribution in [3.8, 4) is 11.5 Å². The highest BCUT2D eigenvalue weighted by molar-refractivity contribution is 7.80. The lowest BCUT2D eigenvalue weighted by Crippen LogP contribution is -2.38. The lowest BCUT2D eigenvalue weighted by atomic mass is 9.86. The molecule has 9 heteroatoms. The number of hydrogen-bond donors (Lipinski definition) is 2. The third kappa shape index (κ3) is 6.24. The first-order valence-electron chi connectivity index (χ1n) is 12.0. The molecule has 0 saturated carbocycles. The Hall–Kier alpha value is -3.98. The summed E-state index contributed by atoms with van der Waals surface area (Å²) in [5.74, 6) is 0.707. The quantitative estimate of drug-likeness (QED) is 0.256. The van der Waals surface area contributed by atoms with Gasteiger partial charge in [-0.05, 0) is 81.4 Å². The van der Waals surface area contributed by atoms with Crippen molar-refractivity contribution in [2.24, 2.45) is 5.10 Å². The van der Waals surface area contributed by atoms with Crippen molar-refractivity contribution in [1.82, 2.24) is 10.4 Å². The van der Waals surface area contributed by atoms with E-state index in [1.807, 2.05) is 44.2 Å². The first-order chi connectivity index (χ1) is 17.8. The van der Waals surface area contributed by atoms with Crippen LogP contribution in [0.5, 0.6) is 11.5 Å². The molecule has 2 aromatic carbocycles. The summed E-state index contributed by atoms with van der Waals surface area (Å²) in [5, 5.41) is 8.26. The molecule has 1 aromatic heterocycles. The van der Waals surface area contributed by atoms with Crippen LogP contribution < -0.4 is 20.2 Å². The summed E-state index contributed by atoms with van der Waals surface area (Å²) < 4.78 is 17.0. The predicted molar refractivity (Wildman–Crippen MR) is 147 cm³/mol. The van der Waals surface area contributed by atoms with E-state index in [1.165, 1.54) is 5.56 Å². The Morgan fingerprint density at radius 1 is 1.22 bits per heavy atom. The van der Waals surface area contributed by atoms with Gasteiger partial charge < -0.3 is 19.5 Å². The van der Waals surface area contributed by atoms with E-state index in [0.29, 0.717) is 29.6 Å². The van der Waals surface area contributed by atoms with Crippen molar-refractivity contribution in [2.75, 3.05) is 18.5 Å². The fourth-order valence-electron chi connectivity index (χ4n) is 4.04. The molecule has 4 rings (SSSR count). The maximum Gasteiger partial charge on any atom is 0.344 e. The van der Waals surface area contributed by atoms with Crippen LogP contribution in [0.2, 0.25) is 0 Å². The molecule has 1 atom stereocenters. The minimum atomic E-state index is -0.697. The minimum absolute atomic E-state index is 0.185. The summed E-state index contributed by atoms with van der Waals surface area (Å²) in [7, 11) is 0. The largest absolute Gasteiger partial charge is 0.482 e. The van der Waals surface area contributed by atoms with Gasteiger partial charge in [0.15, 0.2) is 11.7 Å². The molecule has 0 radical (unpaired) electrons. The summed E-state index contributed by atoms with van der Waals surface area (Å²) in [6.07, 6.45) is 3.97. The van der Waals surface area contributed by atoms with Crippen molar-refractivity contribution < 1.29 is 19.0 Å². The maximum absolute atomic E-state index is 11.8. The fourth-order valence-corrected chi connectivity index (χ4v) is 4.20. The van der Waals surface area contributed by atoms with Gasteiger partial charge in [0.25, 0.3) is 0 Å². The van der Waals surface area contributed by atoms with Crippen molar-refractivity contribution >= 4 is 34.7 Å². The smallest absolute Gasteiger partial charge is 0.344 e. The van der Waals surface area contributed by atoms with Gasteiger partial charge in [0.1, 0.15) is 17.1 Å². The molecule has 0 fully saturated rings. The SMILES string of the molecule is CCOC(=O)COc1ccc2c(c1)/C(=N/NC(=S)Nc1cccc(C)c1C)CC(C)(c1cccnc1)O2. The predicted octanol–water partition coefficient (Wildman–Crippen LogP) is 5.03. The number of hydrazone groups is 1. The average molecular weight is 519 g/mol. The lowest BCUT2D eigenvalue weighted by molar-refractivity contribution is -0.145. The second-order valence-corrected chi connectivity index (χ2v) is 9.28. The van der Waals surface area contributed by atoms with E-state index in [9.17, 15) is 4.79 Å². The Kier molecular flexibility index (Phi) is 8.03. The number of hydrogen-bond acceptors (Lipinski definition) is 7. The lowest BCUT2D eigenvalue weighted by Gasteiger charge is -2.36. The van der Waals surface area contributed by atoms with Crippen LogP contribution in [0.15, 0.2) is 66.0 Å². The number of aromatic nitrogens is 1. The standard InChI is InChI=1S/C28H30N4O4S/c1-5-34-26(33)17-35-21-11-12-25-22(14-21)24(15-28(4,36-25)20-9-7-13-29-16-20)31-32-27(37)30-23-10-6-8-18(2)19(23)3/h6-14,16H,5,15,17H2,1-4H3,(H2,30,32,37)/b31-24+. The van der Waals surface area contributed by atoms with Gasteiger partial charge in [0.05, 0.1) is 12.3 Å². The van der Waals surface area contributed by atoms with E-state index >= 15 is 0 Å². The van der Waals surface area contributed by atoms with Crippen molar-refractivity contribution in [1.29, 1.82) is 0 Å². The number of pyridine rings is 1. The zero-order chi connectivity index (χ0) is 26.4. The van der Waals surface area contributed by atoms with Crippen LogP contribution in [0.4, 0.5) is 5.69 Å². The number of benzene rings is 2. The summed E-state index contributed by atoms with van der Waals surface area (Å²) in [6.45, 7) is 7.96. The maximum atomic E-state index is 11.8. The van der Waals surface area contributed by atoms with E-state index in [1.54, 1.807) is 31.5 Å². The molecule has 8 nitrogen and oxygen atoms in total. The average Bonchev–Trinajstić information content (AvgIpc) is 2.89. The Bertz CT molecular complexity index is 1330. The zero-order valence-corrected chi connectivity index (χ0v) is 22.1. The van der Waals surface area contributed by atoms with Crippen LogP contribution in [-0.2, 0) is 15.1 Å². The van der Waals surface area contributed by atoms with Gasteiger partial charge in [-0.25, -0.2) is 4.79 Å². The number of esters is 1. The first kappa shape index (κ1) is 26.1. The van der Waals surface area contributed by atoms with E-state index in [0.717, 1.165) is 28.1 Å². The van der Waals surface area contributed by atoms with E-state index < -0.39 is 11.6 Å². The highest BCUT2D eigenvalue weighted by Crippen LogP contribution is 2.40. The molecule has 0 saturated heterocycles. The number of carbonyl (C=O) groups is 1. The summed E-state index contributed by atoms with van der Waals surface area (Å²) in [4.78, 5) is 16.0. The number of nitrogens with one attached hydrogen (secondary N) is 2. The molecule has 37 heavy (non-hydrogen) atoms. The van der Waals surface area contributed by atoms with Crippen LogP contribution in [0.3, 0.4) is 0 Å². The number of nitrogens with zero attached hydrogens (tertiary/aromatic N) is 2. The van der Waals surface area contributed by atoms with E-state index in [4.69, 9.17) is 26.4 Å². The van der Waals surface area contributed by atoms with Gasteiger partial charge in [0, 0.05) is 35.6 Å². The number of fused-ring (bicyclic) bond motifs is 1.